The summed E-state index contributed by atoms with van der Waals surface area (Å²) in [6, 6.07) is 7.88. The van der Waals surface area contributed by atoms with Crippen LogP contribution < -0.4 is 5.32 Å². The van der Waals surface area contributed by atoms with Crippen LogP contribution in [0.2, 0.25) is 0 Å². The predicted octanol–water partition coefficient (Wildman–Crippen LogP) is 3.37. The first-order valence-electron chi connectivity index (χ1n) is 10.6. The Kier molecular flexibility index (Phi) is 7.86. The summed E-state index contributed by atoms with van der Waals surface area (Å²) in [4.78, 5) is 32.1. The SMILES string of the molecule is Cc1cccc(NC(=O)CCC2CCN(C(=O)CCN3CCCCO3)CC2)c1. The summed E-state index contributed by atoms with van der Waals surface area (Å²) < 4.78 is 0. The van der Waals surface area contributed by atoms with Gasteiger partial charge in [0, 0.05) is 44.7 Å². The fourth-order valence-corrected chi connectivity index (χ4v) is 3.96. The molecule has 3 rings (SSSR count). The van der Waals surface area contributed by atoms with Crippen LogP contribution in [0.25, 0.3) is 0 Å². The molecular weight excluding hydrogens is 354 g/mol. The van der Waals surface area contributed by atoms with Crippen LogP contribution in [-0.4, -0.2) is 54.6 Å². The molecule has 28 heavy (non-hydrogen) atoms. The molecule has 6 heteroatoms. The van der Waals surface area contributed by atoms with Crippen LogP contribution in [0.15, 0.2) is 24.3 Å². The molecule has 2 aliphatic heterocycles. The first-order valence-corrected chi connectivity index (χ1v) is 10.6. The number of rotatable bonds is 7. The molecule has 0 saturated carbocycles. The van der Waals surface area contributed by atoms with E-state index in [1.807, 2.05) is 41.2 Å². The van der Waals surface area contributed by atoms with Gasteiger partial charge in [-0.25, -0.2) is 0 Å². The molecule has 2 amide bonds. The normalized spacial score (nSPS) is 18.8. The van der Waals surface area contributed by atoms with E-state index >= 15 is 0 Å². The highest BCUT2D eigenvalue weighted by atomic mass is 16.7. The van der Waals surface area contributed by atoms with Crippen LogP contribution in [0.1, 0.15) is 50.5 Å². The standard InChI is InChI=1S/C22H33N3O3/c1-18-5-4-6-20(17-18)23-21(26)8-7-19-9-13-24(14-10-19)22(27)11-15-25-12-2-3-16-28-25/h4-6,17,19H,2-3,7-16H2,1H3,(H,23,26). The van der Waals surface area contributed by atoms with Crippen molar-refractivity contribution in [1.29, 1.82) is 0 Å². The summed E-state index contributed by atoms with van der Waals surface area (Å²) in [5.41, 5.74) is 2.00. The molecule has 2 aliphatic rings. The molecule has 2 fully saturated rings. The number of nitrogens with zero attached hydrogens (tertiary/aromatic N) is 2. The number of aryl methyl sites for hydroxylation is 1. The van der Waals surface area contributed by atoms with E-state index in [1.165, 1.54) is 0 Å². The second-order valence-corrected chi connectivity index (χ2v) is 8.00. The molecule has 1 aromatic rings. The Labute approximate surface area is 168 Å². The maximum atomic E-state index is 12.4. The highest BCUT2D eigenvalue weighted by molar-refractivity contribution is 5.90. The molecule has 0 aliphatic carbocycles. The van der Waals surface area contributed by atoms with Gasteiger partial charge in [0.2, 0.25) is 11.8 Å². The number of carbonyl (C=O) groups is 2. The lowest BCUT2D eigenvalue weighted by molar-refractivity contribution is -0.182. The van der Waals surface area contributed by atoms with Gasteiger partial charge in [-0.05, 0) is 62.6 Å². The van der Waals surface area contributed by atoms with Gasteiger partial charge in [-0.1, -0.05) is 12.1 Å². The van der Waals surface area contributed by atoms with E-state index in [4.69, 9.17) is 4.84 Å². The second-order valence-electron chi connectivity index (χ2n) is 8.00. The van der Waals surface area contributed by atoms with Crippen molar-refractivity contribution in [2.45, 2.75) is 51.9 Å². The van der Waals surface area contributed by atoms with Crippen molar-refractivity contribution >= 4 is 17.5 Å². The number of amides is 2. The number of anilines is 1. The van der Waals surface area contributed by atoms with Gasteiger partial charge in [0.05, 0.1) is 6.61 Å². The smallest absolute Gasteiger partial charge is 0.224 e. The minimum Gasteiger partial charge on any atom is -0.343 e. The Bertz CT molecular complexity index is 650. The molecule has 0 spiro atoms. The third-order valence-electron chi connectivity index (χ3n) is 5.70. The summed E-state index contributed by atoms with van der Waals surface area (Å²) in [5, 5.41) is 4.91. The number of piperidine rings is 1. The van der Waals surface area contributed by atoms with Crippen molar-refractivity contribution in [3.05, 3.63) is 29.8 Å². The third-order valence-corrected chi connectivity index (χ3v) is 5.70. The Morgan fingerprint density at radius 1 is 1.14 bits per heavy atom. The van der Waals surface area contributed by atoms with E-state index in [1.54, 1.807) is 0 Å². The van der Waals surface area contributed by atoms with Crippen LogP contribution in [-0.2, 0) is 14.4 Å². The lowest BCUT2D eigenvalue weighted by Gasteiger charge is -2.33. The Morgan fingerprint density at radius 3 is 2.68 bits per heavy atom. The maximum Gasteiger partial charge on any atom is 0.224 e. The van der Waals surface area contributed by atoms with Crippen LogP contribution in [0, 0.1) is 12.8 Å². The van der Waals surface area contributed by atoms with E-state index in [9.17, 15) is 9.59 Å². The summed E-state index contributed by atoms with van der Waals surface area (Å²) >= 11 is 0. The van der Waals surface area contributed by atoms with Crippen molar-refractivity contribution in [3.63, 3.8) is 0 Å². The number of carbonyl (C=O) groups excluding carboxylic acids is 2. The van der Waals surface area contributed by atoms with Gasteiger partial charge in [0.15, 0.2) is 0 Å². The van der Waals surface area contributed by atoms with E-state index in [0.717, 1.165) is 69.6 Å². The molecule has 0 aromatic heterocycles. The lowest BCUT2D eigenvalue weighted by Crippen LogP contribution is -2.40. The van der Waals surface area contributed by atoms with Gasteiger partial charge in [0.25, 0.3) is 0 Å². The topological polar surface area (TPSA) is 61.9 Å². The third kappa shape index (κ3) is 6.60. The maximum absolute atomic E-state index is 12.4. The van der Waals surface area contributed by atoms with Crippen LogP contribution >= 0.6 is 0 Å². The van der Waals surface area contributed by atoms with Crippen molar-refractivity contribution in [2.75, 3.05) is 38.1 Å². The predicted molar refractivity (Wildman–Crippen MR) is 110 cm³/mol. The fraction of sp³-hybridized carbons (Fsp3) is 0.636. The van der Waals surface area contributed by atoms with E-state index in [-0.39, 0.29) is 11.8 Å². The summed E-state index contributed by atoms with van der Waals surface area (Å²) in [5.74, 6) is 0.827. The summed E-state index contributed by atoms with van der Waals surface area (Å²) in [6.45, 7) is 6.03. The molecule has 6 nitrogen and oxygen atoms in total. The summed E-state index contributed by atoms with van der Waals surface area (Å²) in [7, 11) is 0. The zero-order valence-corrected chi connectivity index (χ0v) is 17.0. The van der Waals surface area contributed by atoms with Crippen LogP contribution in [0.4, 0.5) is 5.69 Å². The molecule has 0 unspecified atom stereocenters. The number of hydroxylamine groups is 2. The van der Waals surface area contributed by atoms with Crippen molar-refractivity contribution < 1.29 is 14.4 Å². The molecule has 154 valence electrons. The van der Waals surface area contributed by atoms with Gasteiger partial charge in [-0.3, -0.25) is 14.4 Å². The molecule has 1 aromatic carbocycles. The van der Waals surface area contributed by atoms with Crippen LogP contribution in [0.5, 0.6) is 0 Å². The first-order chi connectivity index (χ1) is 13.6. The molecule has 0 atom stereocenters. The van der Waals surface area contributed by atoms with Gasteiger partial charge in [-0.2, -0.15) is 5.06 Å². The van der Waals surface area contributed by atoms with Crippen molar-refractivity contribution in [3.8, 4) is 0 Å². The minimum absolute atomic E-state index is 0.0747. The van der Waals surface area contributed by atoms with Gasteiger partial charge in [-0.15, -0.1) is 0 Å². The molecule has 0 radical (unpaired) electrons. The van der Waals surface area contributed by atoms with Crippen molar-refractivity contribution in [1.82, 2.24) is 9.96 Å². The zero-order chi connectivity index (χ0) is 19.8. The van der Waals surface area contributed by atoms with E-state index in [0.29, 0.717) is 25.3 Å². The zero-order valence-electron chi connectivity index (χ0n) is 17.0. The second kappa shape index (κ2) is 10.6. The Hall–Kier alpha value is -1.92. The molecule has 2 heterocycles. The first kappa shape index (κ1) is 20.8. The molecule has 0 bridgehead atoms. The van der Waals surface area contributed by atoms with Gasteiger partial charge < -0.3 is 10.2 Å². The molecular formula is C22H33N3O3. The molecule has 2 saturated heterocycles. The van der Waals surface area contributed by atoms with E-state index in [2.05, 4.69) is 5.32 Å². The van der Waals surface area contributed by atoms with Crippen LogP contribution in [0.3, 0.4) is 0 Å². The van der Waals surface area contributed by atoms with Gasteiger partial charge in [0.1, 0.15) is 0 Å². The quantitative estimate of drug-likeness (QED) is 0.779. The average molecular weight is 388 g/mol. The highest BCUT2D eigenvalue weighted by Crippen LogP contribution is 2.23. The van der Waals surface area contributed by atoms with Crippen molar-refractivity contribution in [2.24, 2.45) is 5.92 Å². The molecule has 1 N–H and O–H groups in total. The summed E-state index contributed by atoms with van der Waals surface area (Å²) in [6.07, 6.45) is 6.20. The number of likely N-dealkylation sites (tertiary alicyclic amines) is 1. The number of benzene rings is 1. The largest absolute Gasteiger partial charge is 0.343 e. The Morgan fingerprint density at radius 2 is 1.96 bits per heavy atom. The lowest BCUT2D eigenvalue weighted by atomic mass is 9.92. The number of hydrogen-bond acceptors (Lipinski definition) is 4. The van der Waals surface area contributed by atoms with Gasteiger partial charge >= 0.3 is 0 Å². The monoisotopic (exact) mass is 387 g/mol. The highest BCUT2D eigenvalue weighted by Gasteiger charge is 2.24. The minimum atomic E-state index is 0.0747. The average Bonchev–Trinajstić information content (AvgIpc) is 2.72. The van der Waals surface area contributed by atoms with E-state index < -0.39 is 0 Å². The Balaban J connectivity index is 1.31. The number of nitrogens with one attached hydrogen (secondary N) is 1. The number of hydrogen-bond donors (Lipinski definition) is 1. The fourth-order valence-electron chi connectivity index (χ4n) is 3.96.